The molecule has 4 nitrogen and oxygen atoms in total. The molecule has 0 amide bonds. The lowest BCUT2D eigenvalue weighted by atomic mass is 10.1. The van der Waals surface area contributed by atoms with Gasteiger partial charge in [0.2, 0.25) is 0 Å². The number of pyridine rings is 1. The van der Waals surface area contributed by atoms with Crippen LogP contribution in [0, 0.1) is 6.92 Å². The molecule has 0 radical (unpaired) electrons. The number of anilines is 1. The highest BCUT2D eigenvalue weighted by molar-refractivity contribution is 5.57. The molecule has 3 rings (SSSR count). The minimum Gasteiger partial charge on any atom is -0.363 e. The molecule has 0 saturated heterocycles. The monoisotopic (exact) mass is 358 g/mol. The van der Waals surface area contributed by atoms with E-state index in [0.29, 0.717) is 5.56 Å². The van der Waals surface area contributed by atoms with Gasteiger partial charge in [0.05, 0.1) is 0 Å². The lowest BCUT2D eigenvalue weighted by Crippen LogP contribution is -2.14. The summed E-state index contributed by atoms with van der Waals surface area (Å²) in [6.07, 6.45) is -1.59. The van der Waals surface area contributed by atoms with Crippen LogP contribution in [-0.4, -0.2) is 15.0 Å². The maximum absolute atomic E-state index is 13.2. The van der Waals surface area contributed by atoms with Gasteiger partial charge >= 0.3 is 6.18 Å². The van der Waals surface area contributed by atoms with E-state index in [1.54, 1.807) is 12.1 Å². The lowest BCUT2D eigenvalue weighted by molar-refractivity contribution is -0.141. The molecule has 1 unspecified atom stereocenters. The Morgan fingerprint density at radius 3 is 2.23 bits per heavy atom. The van der Waals surface area contributed by atoms with Crippen LogP contribution in [0.5, 0.6) is 0 Å². The predicted molar refractivity (Wildman–Crippen MR) is 93.5 cm³/mol. The Morgan fingerprint density at radius 1 is 0.962 bits per heavy atom. The molecule has 26 heavy (non-hydrogen) atoms. The van der Waals surface area contributed by atoms with Crippen LogP contribution in [0.15, 0.2) is 54.9 Å². The molecule has 0 fully saturated rings. The average molecular weight is 358 g/mol. The molecule has 0 aliphatic heterocycles. The molecule has 1 aromatic carbocycles. The van der Waals surface area contributed by atoms with Crippen LogP contribution in [0.2, 0.25) is 0 Å². The first-order chi connectivity index (χ1) is 12.3. The number of aromatic nitrogens is 3. The number of alkyl halides is 3. The molecule has 0 aliphatic rings. The van der Waals surface area contributed by atoms with Gasteiger partial charge in [-0.3, -0.25) is 4.98 Å². The molecular formula is C19H17F3N4. The predicted octanol–water partition coefficient (Wildman–Crippen LogP) is 5.04. The van der Waals surface area contributed by atoms with Crippen LogP contribution in [0.25, 0.3) is 11.4 Å². The first-order valence-electron chi connectivity index (χ1n) is 8.03. The van der Waals surface area contributed by atoms with Gasteiger partial charge in [-0.2, -0.15) is 13.2 Å². The number of nitrogens with one attached hydrogen (secondary N) is 1. The van der Waals surface area contributed by atoms with Gasteiger partial charge in [-0.1, -0.05) is 29.8 Å². The van der Waals surface area contributed by atoms with Gasteiger partial charge in [0.15, 0.2) is 11.5 Å². The largest absolute Gasteiger partial charge is 0.433 e. The first kappa shape index (κ1) is 17.8. The van der Waals surface area contributed by atoms with Crippen LogP contribution in [0.1, 0.15) is 29.8 Å². The summed E-state index contributed by atoms with van der Waals surface area (Å²) in [5.74, 6) is 0.119. The van der Waals surface area contributed by atoms with E-state index in [1.807, 2.05) is 38.1 Å². The fraction of sp³-hybridized carbons (Fsp3) is 0.211. The van der Waals surface area contributed by atoms with Gasteiger partial charge < -0.3 is 5.32 Å². The molecular weight excluding hydrogens is 341 g/mol. The zero-order chi connectivity index (χ0) is 18.7. The average Bonchev–Trinajstić information content (AvgIpc) is 2.62. The Bertz CT molecular complexity index is 878. The number of benzene rings is 1. The van der Waals surface area contributed by atoms with Gasteiger partial charge in [0.1, 0.15) is 5.82 Å². The molecule has 0 bridgehead atoms. The third-order valence-corrected chi connectivity index (χ3v) is 3.90. The number of rotatable bonds is 4. The molecule has 1 N–H and O–H groups in total. The van der Waals surface area contributed by atoms with Crippen LogP contribution in [-0.2, 0) is 6.18 Å². The Hall–Kier alpha value is -2.96. The normalized spacial score (nSPS) is 12.7. The topological polar surface area (TPSA) is 50.7 Å². The van der Waals surface area contributed by atoms with E-state index in [-0.39, 0.29) is 17.7 Å². The summed E-state index contributed by atoms with van der Waals surface area (Å²) in [5, 5.41) is 3.03. The van der Waals surface area contributed by atoms with Gasteiger partial charge in [-0.05, 0) is 31.5 Å². The molecule has 134 valence electrons. The second-order valence-corrected chi connectivity index (χ2v) is 5.97. The Balaban J connectivity index is 1.96. The summed E-state index contributed by atoms with van der Waals surface area (Å²) in [7, 11) is 0. The van der Waals surface area contributed by atoms with E-state index in [4.69, 9.17) is 0 Å². The van der Waals surface area contributed by atoms with E-state index < -0.39 is 11.9 Å². The minimum absolute atomic E-state index is 0.000770. The van der Waals surface area contributed by atoms with Crippen molar-refractivity contribution in [3.63, 3.8) is 0 Å². The number of hydrogen-bond donors (Lipinski definition) is 1. The molecule has 0 saturated carbocycles. The van der Waals surface area contributed by atoms with Crippen LogP contribution in [0.4, 0.5) is 19.0 Å². The molecule has 0 spiro atoms. The van der Waals surface area contributed by atoms with Crippen molar-refractivity contribution in [3.8, 4) is 11.4 Å². The number of hydrogen-bond acceptors (Lipinski definition) is 4. The van der Waals surface area contributed by atoms with Crippen molar-refractivity contribution in [3.05, 3.63) is 71.7 Å². The Labute approximate surface area is 149 Å². The van der Waals surface area contributed by atoms with Crippen LogP contribution >= 0.6 is 0 Å². The maximum Gasteiger partial charge on any atom is 0.433 e. The molecule has 7 heteroatoms. The second-order valence-electron chi connectivity index (χ2n) is 5.97. The van der Waals surface area contributed by atoms with Crippen molar-refractivity contribution in [2.24, 2.45) is 0 Å². The SMILES string of the molecule is Cc1ccc(C(C)Nc2cc(C(F)(F)F)nc(-c3ccncc3)n2)cc1. The third kappa shape index (κ3) is 4.17. The zero-order valence-electron chi connectivity index (χ0n) is 14.2. The zero-order valence-corrected chi connectivity index (χ0v) is 14.2. The van der Waals surface area contributed by atoms with E-state index in [1.165, 1.54) is 12.4 Å². The summed E-state index contributed by atoms with van der Waals surface area (Å²) < 4.78 is 39.7. The fourth-order valence-electron chi connectivity index (χ4n) is 2.46. The highest BCUT2D eigenvalue weighted by Crippen LogP contribution is 2.31. The van der Waals surface area contributed by atoms with Crippen molar-refractivity contribution < 1.29 is 13.2 Å². The number of halogens is 3. The van der Waals surface area contributed by atoms with Crippen LogP contribution < -0.4 is 5.32 Å². The number of nitrogens with zero attached hydrogens (tertiary/aromatic N) is 3. The second kappa shape index (κ2) is 7.11. The van der Waals surface area contributed by atoms with Crippen molar-refractivity contribution in [1.82, 2.24) is 15.0 Å². The molecule has 2 aromatic heterocycles. The summed E-state index contributed by atoms with van der Waals surface area (Å²) >= 11 is 0. The highest BCUT2D eigenvalue weighted by Gasteiger charge is 2.34. The summed E-state index contributed by atoms with van der Waals surface area (Å²) in [6, 6.07) is 11.6. The number of aryl methyl sites for hydroxylation is 1. The van der Waals surface area contributed by atoms with Gasteiger partial charge in [-0.15, -0.1) is 0 Å². The molecule has 0 aliphatic carbocycles. The lowest BCUT2D eigenvalue weighted by Gasteiger charge is -2.17. The standard InChI is InChI=1S/C19H17F3N4/c1-12-3-5-14(6-4-12)13(2)24-17-11-16(19(20,21)22)25-18(26-17)15-7-9-23-10-8-15/h3-11,13H,1-2H3,(H,24,25,26). The van der Waals surface area contributed by atoms with E-state index in [9.17, 15) is 13.2 Å². The molecule has 3 aromatic rings. The quantitative estimate of drug-likeness (QED) is 0.710. The van der Waals surface area contributed by atoms with Crippen molar-refractivity contribution in [1.29, 1.82) is 0 Å². The third-order valence-electron chi connectivity index (χ3n) is 3.90. The van der Waals surface area contributed by atoms with E-state index >= 15 is 0 Å². The Morgan fingerprint density at radius 2 is 1.62 bits per heavy atom. The smallest absolute Gasteiger partial charge is 0.363 e. The van der Waals surface area contributed by atoms with E-state index in [2.05, 4.69) is 20.3 Å². The maximum atomic E-state index is 13.2. The van der Waals surface area contributed by atoms with Gasteiger partial charge in [0, 0.05) is 30.1 Å². The van der Waals surface area contributed by atoms with Crippen LogP contribution in [0.3, 0.4) is 0 Å². The van der Waals surface area contributed by atoms with Crippen molar-refractivity contribution in [2.45, 2.75) is 26.1 Å². The van der Waals surface area contributed by atoms with Crippen molar-refractivity contribution in [2.75, 3.05) is 5.32 Å². The summed E-state index contributed by atoms with van der Waals surface area (Å²) in [4.78, 5) is 11.8. The van der Waals surface area contributed by atoms with E-state index in [0.717, 1.165) is 17.2 Å². The highest BCUT2D eigenvalue weighted by atomic mass is 19.4. The minimum atomic E-state index is -4.56. The first-order valence-corrected chi connectivity index (χ1v) is 8.03. The van der Waals surface area contributed by atoms with Gasteiger partial charge in [0.25, 0.3) is 0 Å². The molecule has 1 atom stereocenters. The summed E-state index contributed by atoms with van der Waals surface area (Å²) in [5.41, 5.74) is 1.55. The van der Waals surface area contributed by atoms with Gasteiger partial charge in [-0.25, -0.2) is 9.97 Å². The summed E-state index contributed by atoms with van der Waals surface area (Å²) in [6.45, 7) is 3.84. The fourth-order valence-corrected chi connectivity index (χ4v) is 2.46. The Kier molecular flexibility index (Phi) is 4.88. The van der Waals surface area contributed by atoms with Crippen molar-refractivity contribution >= 4 is 5.82 Å². The molecule has 2 heterocycles.